The minimum atomic E-state index is -0.0135. The van der Waals surface area contributed by atoms with Crippen molar-refractivity contribution >= 4 is 18.0 Å². The number of aliphatic imine (C=N–C) groups is 2. The molecule has 1 amide bonds. The Balaban J connectivity index is 1.73. The molecule has 0 atom stereocenters. The molecule has 0 saturated carbocycles. The highest BCUT2D eigenvalue weighted by molar-refractivity contribution is 6.13. The summed E-state index contributed by atoms with van der Waals surface area (Å²) >= 11 is 0. The molecule has 102 valence electrons. The van der Waals surface area contributed by atoms with E-state index in [4.69, 9.17) is 0 Å². The smallest absolute Gasteiger partial charge is 0.249 e. The largest absolute Gasteiger partial charge is 0.352 e. The van der Waals surface area contributed by atoms with Crippen LogP contribution in [0, 0.1) is 0 Å². The normalized spacial score (nSPS) is 16.9. The van der Waals surface area contributed by atoms with Gasteiger partial charge in [0.05, 0.1) is 0 Å². The zero-order chi connectivity index (χ0) is 13.7. The average molecular weight is 260 g/mol. The van der Waals surface area contributed by atoms with Crippen LogP contribution in [0.15, 0.2) is 33.4 Å². The lowest BCUT2D eigenvalue weighted by atomic mass is 10.0. The van der Waals surface area contributed by atoms with Gasteiger partial charge in [-0.05, 0) is 39.6 Å². The van der Waals surface area contributed by atoms with Crippen LogP contribution in [0.1, 0.15) is 19.3 Å². The third kappa shape index (κ3) is 3.86. The minimum Gasteiger partial charge on any atom is -0.352 e. The summed E-state index contributed by atoms with van der Waals surface area (Å²) in [5.41, 5.74) is 1.74. The molecule has 0 aromatic carbocycles. The van der Waals surface area contributed by atoms with Gasteiger partial charge in [0.15, 0.2) is 5.84 Å². The Morgan fingerprint density at radius 2 is 2.26 bits per heavy atom. The first-order valence-corrected chi connectivity index (χ1v) is 6.60. The summed E-state index contributed by atoms with van der Waals surface area (Å²) in [7, 11) is 4.11. The molecule has 1 N–H and O–H groups in total. The second-order valence-electron chi connectivity index (χ2n) is 5.02. The Labute approximate surface area is 113 Å². The number of carbonyl (C=O) groups is 1. The Bertz CT molecular complexity index is 472. The molecule has 0 aromatic heterocycles. The minimum absolute atomic E-state index is 0.0135. The van der Waals surface area contributed by atoms with Crippen LogP contribution in [0.25, 0.3) is 0 Å². The highest BCUT2D eigenvalue weighted by atomic mass is 16.1. The fourth-order valence-corrected chi connectivity index (χ4v) is 2.01. The van der Waals surface area contributed by atoms with Gasteiger partial charge in [0.1, 0.15) is 0 Å². The van der Waals surface area contributed by atoms with Crippen LogP contribution in [-0.2, 0) is 4.79 Å². The van der Waals surface area contributed by atoms with Crippen molar-refractivity contribution < 1.29 is 4.79 Å². The predicted octanol–water partition coefficient (Wildman–Crippen LogP) is 1.14. The molecule has 5 nitrogen and oxygen atoms in total. The van der Waals surface area contributed by atoms with Crippen LogP contribution in [0.3, 0.4) is 0 Å². The third-order valence-corrected chi connectivity index (χ3v) is 3.09. The van der Waals surface area contributed by atoms with Gasteiger partial charge in [-0.3, -0.25) is 4.79 Å². The Morgan fingerprint density at radius 1 is 1.42 bits per heavy atom. The van der Waals surface area contributed by atoms with E-state index in [0.717, 1.165) is 37.3 Å². The van der Waals surface area contributed by atoms with Crippen LogP contribution < -0.4 is 5.32 Å². The number of nitrogens with one attached hydrogen (secondary N) is 1. The van der Waals surface area contributed by atoms with Crippen molar-refractivity contribution in [3.8, 4) is 0 Å². The van der Waals surface area contributed by atoms with Gasteiger partial charge >= 0.3 is 0 Å². The van der Waals surface area contributed by atoms with Crippen LogP contribution in [0.5, 0.6) is 0 Å². The highest BCUT2D eigenvalue weighted by Crippen LogP contribution is 2.21. The first-order valence-electron chi connectivity index (χ1n) is 6.60. The van der Waals surface area contributed by atoms with Crippen LogP contribution in [0.4, 0.5) is 0 Å². The third-order valence-electron chi connectivity index (χ3n) is 3.09. The van der Waals surface area contributed by atoms with E-state index in [9.17, 15) is 4.79 Å². The first kappa shape index (κ1) is 13.7. The molecular formula is C14H20N4O. The number of amides is 1. The van der Waals surface area contributed by atoms with Gasteiger partial charge in [-0.15, -0.1) is 0 Å². The van der Waals surface area contributed by atoms with Crippen molar-refractivity contribution in [2.75, 3.05) is 27.2 Å². The van der Waals surface area contributed by atoms with Crippen molar-refractivity contribution in [1.82, 2.24) is 10.2 Å². The van der Waals surface area contributed by atoms with Crippen LogP contribution in [0.2, 0.25) is 0 Å². The van der Waals surface area contributed by atoms with E-state index in [1.807, 2.05) is 6.08 Å². The Kier molecular flexibility index (Phi) is 4.63. The van der Waals surface area contributed by atoms with Crippen molar-refractivity contribution in [2.24, 2.45) is 9.98 Å². The number of rotatable bonds is 6. The molecule has 2 heterocycles. The number of carbonyl (C=O) groups excluding carboxylic acids is 1. The SMILES string of the molecule is CN(C)CCCCNC(=O)C1=CN=C2N=CC=C2C1. The van der Waals surface area contributed by atoms with Crippen molar-refractivity contribution in [1.29, 1.82) is 0 Å². The molecule has 0 saturated heterocycles. The molecule has 0 spiro atoms. The standard InChI is InChI=1S/C14H20N4O/c1-18(2)8-4-3-6-16-14(19)12-9-11-5-7-15-13(11)17-10-12/h5,7,10H,3-4,6,8-9H2,1-2H3,(H,16,19). The van der Waals surface area contributed by atoms with E-state index in [-0.39, 0.29) is 5.91 Å². The molecule has 0 aromatic rings. The molecule has 0 fully saturated rings. The average Bonchev–Trinajstić information content (AvgIpc) is 2.84. The molecule has 0 radical (unpaired) electrons. The summed E-state index contributed by atoms with van der Waals surface area (Å²) in [6.45, 7) is 1.77. The van der Waals surface area contributed by atoms with E-state index < -0.39 is 0 Å². The number of allylic oxidation sites excluding steroid dienone is 1. The number of hydrogen-bond donors (Lipinski definition) is 1. The monoisotopic (exact) mass is 260 g/mol. The van der Waals surface area contributed by atoms with E-state index in [1.54, 1.807) is 12.4 Å². The number of fused-ring (bicyclic) bond motifs is 1. The maximum Gasteiger partial charge on any atom is 0.249 e. The first-order chi connectivity index (χ1) is 9.16. The van der Waals surface area contributed by atoms with Crippen molar-refractivity contribution in [3.05, 3.63) is 23.4 Å². The van der Waals surface area contributed by atoms with E-state index in [0.29, 0.717) is 12.0 Å². The molecule has 2 aliphatic rings. The molecule has 0 unspecified atom stereocenters. The van der Waals surface area contributed by atoms with Crippen LogP contribution in [-0.4, -0.2) is 50.0 Å². The molecule has 2 rings (SSSR count). The van der Waals surface area contributed by atoms with Crippen molar-refractivity contribution in [3.63, 3.8) is 0 Å². The lowest BCUT2D eigenvalue weighted by Crippen LogP contribution is -2.27. The second-order valence-corrected chi connectivity index (χ2v) is 5.02. The van der Waals surface area contributed by atoms with Gasteiger partial charge < -0.3 is 10.2 Å². The Hall–Kier alpha value is -1.75. The van der Waals surface area contributed by atoms with Gasteiger partial charge in [0, 0.05) is 36.5 Å². The van der Waals surface area contributed by atoms with Gasteiger partial charge in [-0.2, -0.15) is 0 Å². The second kappa shape index (κ2) is 6.43. The summed E-state index contributed by atoms with van der Waals surface area (Å²) in [6, 6.07) is 0. The van der Waals surface area contributed by atoms with Crippen molar-refractivity contribution in [2.45, 2.75) is 19.3 Å². The number of unbranched alkanes of at least 4 members (excludes halogenated alkanes) is 1. The summed E-state index contributed by atoms with van der Waals surface area (Å²) in [6.07, 6.45) is 7.98. The van der Waals surface area contributed by atoms with Gasteiger partial charge in [0.25, 0.3) is 0 Å². The van der Waals surface area contributed by atoms with Gasteiger partial charge in [0.2, 0.25) is 5.91 Å². The molecule has 0 aliphatic carbocycles. The van der Waals surface area contributed by atoms with E-state index >= 15 is 0 Å². The summed E-state index contributed by atoms with van der Waals surface area (Å²) in [5, 5.41) is 2.94. The maximum atomic E-state index is 12.0. The quantitative estimate of drug-likeness (QED) is 0.728. The molecule has 0 bridgehead atoms. The van der Waals surface area contributed by atoms with Gasteiger partial charge in [-0.1, -0.05) is 0 Å². The zero-order valence-electron chi connectivity index (χ0n) is 11.5. The molecular weight excluding hydrogens is 240 g/mol. The maximum absolute atomic E-state index is 12.0. The van der Waals surface area contributed by atoms with Gasteiger partial charge in [-0.25, -0.2) is 9.98 Å². The number of amidine groups is 1. The molecule has 5 heteroatoms. The predicted molar refractivity (Wildman–Crippen MR) is 77.5 cm³/mol. The Morgan fingerprint density at radius 3 is 3.05 bits per heavy atom. The topological polar surface area (TPSA) is 57.1 Å². The van der Waals surface area contributed by atoms with Crippen LogP contribution >= 0.6 is 0 Å². The zero-order valence-corrected chi connectivity index (χ0v) is 11.5. The summed E-state index contributed by atoms with van der Waals surface area (Å²) in [5.74, 6) is 0.725. The van der Waals surface area contributed by atoms with E-state index in [2.05, 4.69) is 34.3 Å². The molecule has 2 aliphatic heterocycles. The summed E-state index contributed by atoms with van der Waals surface area (Å²) in [4.78, 5) is 22.4. The summed E-state index contributed by atoms with van der Waals surface area (Å²) < 4.78 is 0. The number of hydrogen-bond acceptors (Lipinski definition) is 4. The highest BCUT2D eigenvalue weighted by Gasteiger charge is 2.19. The lowest BCUT2D eigenvalue weighted by molar-refractivity contribution is -0.117. The van der Waals surface area contributed by atoms with E-state index in [1.165, 1.54) is 0 Å². The lowest BCUT2D eigenvalue weighted by Gasteiger charge is -2.13. The number of nitrogens with zero attached hydrogens (tertiary/aromatic N) is 3. The fourth-order valence-electron chi connectivity index (χ4n) is 2.01. The fraction of sp³-hybridized carbons (Fsp3) is 0.500. The molecule has 19 heavy (non-hydrogen) atoms.